The van der Waals surface area contributed by atoms with Crippen molar-refractivity contribution in [3.63, 3.8) is 0 Å². The van der Waals surface area contributed by atoms with Crippen LogP contribution in [0.25, 0.3) is 6.08 Å². The average Bonchev–Trinajstić information content (AvgIpc) is 2.50. The number of rotatable bonds is 4. The summed E-state index contributed by atoms with van der Waals surface area (Å²) in [5.41, 5.74) is 4.16. The van der Waals surface area contributed by atoms with Crippen LogP contribution in [0.4, 0.5) is 10.5 Å². The molecular weight excluding hydrogens is 330 g/mol. The number of nitrogens with zero attached hydrogens (tertiary/aromatic N) is 1. The van der Waals surface area contributed by atoms with Crippen molar-refractivity contribution < 1.29 is 4.79 Å². The molecule has 0 spiro atoms. The Morgan fingerprint density at radius 2 is 1.76 bits per heavy atom. The van der Waals surface area contributed by atoms with Gasteiger partial charge in [0, 0.05) is 16.4 Å². The standard InChI is InChI=1S/C16H14BrN3O/c17-14-8-10-15(11-9-14)19-16(21)20-18-12-4-7-13-5-2-1-3-6-13/h1-12H,(H2,19,20,21)/b7-4+,18-12+. The molecule has 0 aromatic heterocycles. The maximum Gasteiger partial charge on any atom is 0.339 e. The zero-order chi connectivity index (χ0) is 14.9. The summed E-state index contributed by atoms with van der Waals surface area (Å²) in [5.74, 6) is 0. The molecule has 106 valence electrons. The van der Waals surface area contributed by atoms with Crippen molar-refractivity contribution in [3.8, 4) is 0 Å². The molecule has 4 nitrogen and oxygen atoms in total. The van der Waals surface area contributed by atoms with Crippen molar-refractivity contribution in [3.05, 3.63) is 70.7 Å². The number of urea groups is 1. The van der Waals surface area contributed by atoms with Gasteiger partial charge in [0.1, 0.15) is 0 Å². The van der Waals surface area contributed by atoms with Gasteiger partial charge in [-0.05, 0) is 35.9 Å². The molecule has 2 amide bonds. The van der Waals surface area contributed by atoms with Gasteiger partial charge in [-0.1, -0.05) is 52.3 Å². The first-order valence-corrected chi connectivity index (χ1v) is 7.11. The van der Waals surface area contributed by atoms with Crippen LogP contribution in [0.3, 0.4) is 0 Å². The molecule has 0 aliphatic carbocycles. The highest BCUT2D eigenvalue weighted by Gasteiger charge is 1.98. The quantitative estimate of drug-likeness (QED) is 0.632. The number of amides is 2. The van der Waals surface area contributed by atoms with Gasteiger partial charge < -0.3 is 5.32 Å². The van der Waals surface area contributed by atoms with Crippen LogP contribution >= 0.6 is 15.9 Å². The lowest BCUT2D eigenvalue weighted by Gasteiger charge is -2.03. The molecular formula is C16H14BrN3O. The molecule has 0 unspecified atom stereocenters. The highest BCUT2D eigenvalue weighted by atomic mass is 79.9. The maximum atomic E-state index is 11.6. The molecule has 2 aromatic rings. The van der Waals surface area contributed by atoms with E-state index in [-0.39, 0.29) is 6.03 Å². The summed E-state index contributed by atoms with van der Waals surface area (Å²) < 4.78 is 0.956. The second-order valence-corrected chi connectivity index (χ2v) is 5.04. The van der Waals surface area contributed by atoms with Crippen molar-refractivity contribution >= 4 is 39.9 Å². The minimum Gasteiger partial charge on any atom is -0.307 e. The molecule has 0 heterocycles. The van der Waals surface area contributed by atoms with Crippen molar-refractivity contribution in [2.75, 3.05) is 5.32 Å². The Labute approximate surface area is 131 Å². The van der Waals surface area contributed by atoms with Crippen LogP contribution < -0.4 is 10.7 Å². The minimum atomic E-state index is -0.387. The SMILES string of the molecule is O=C(N/N=C/C=C/c1ccccc1)Nc1ccc(Br)cc1. The first-order valence-electron chi connectivity index (χ1n) is 6.31. The fourth-order valence-electron chi connectivity index (χ4n) is 1.55. The number of hydrazone groups is 1. The summed E-state index contributed by atoms with van der Waals surface area (Å²) in [4.78, 5) is 11.6. The maximum absolute atomic E-state index is 11.6. The predicted octanol–water partition coefficient (Wildman–Crippen LogP) is 4.27. The fourth-order valence-corrected chi connectivity index (χ4v) is 1.81. The van der Waals surface area contributed by atoms with E-state index in [9.17, 15) is 4.79 Å². The molecule has 0 radical (unpaired) electrons. The molecule has 0 atom stereocenters. The van der Waals surface area contributed by atoms with Gasteiger partial charge in [0.15, 0.2) is 0 Å². The minimum absolute atomic E-state index is 0.387. The highest BCUT2D eigenvalue weighted by Crippen LogP contribution is 2.13. The lowest BCUT2D eigenvalue weighted by atomic mass is 10.2. The lowest BCUT2D eigenvalue weighted by Crippen LogP contribution is -2.23. The molecule has 5 heteroatoms. The Bertz CT molecular complexity index is 636. The number of carbonyl (C=O) groups is 1. The molecule has 21 heavy (non-hydrogen) atoms. The number of hydrogen-bond donors (Lipinski definition) is 2. The molecule has 0 aliphatic rings. The third-order valence-corrected chi connectivity index (χ3v) is 3.05. The molecule has 2 aromatic carbocycles. The predicted molar refractivity (Wildman–Crippen MR) is 90.3 cm³/mol. The van der Waals surface area contributed by atoms with E-state index in [1.54, 1.807) is 18.2 Å². The van der Waals surface area contributed by atoms with Crippen molar-refractivity contribution in [2.24, 2.45) is 5.10 Å². The van der Waals surface area contributed by atoms with E-state index < -0.39 is 0 Å². The zero-order valence-electron chi connectivity index (χ0n) is 11.2. The summed E-state index contributed by atoms with van der Waals surface area (Å²) in [5, 5.41) is 6.49. The van der Waals surface area contributed by atoms with E-state index in [2.05, 4.69) is 31.8 Å². The van der Waals surface area contributed by atoms with Crippen LogP contribution in [0.1, 0.15) is 5.56 Å². The van der Waals surface area contributed by atoms with Crippen LogP contribution in [-0.2, 0) is 0 Å². The van der Waals surface area contributed by atoms with Crippen LogP contribution in [0, 0.1) is 0 Å². The van der Waals surface area contributed by atoms with Crippen molar-refractivity contribution in [2.45, 2.75) is 0 Å². The number of nitrogens with one attached hydrogen (secondary N) is 2. The van der Waals surface area contributed by atoms with Gasteiger partial charge in [0.25, 0.3) is 0 Å². The Hall–Kier alpha value is -2.40. The van der Waals surface area contributed by atoms with Gasteiger partial charge in [-0.2, -0.15) is 5.10 Å². The van der Waals surface area contributed by atoms with Gasteiger partial charge >= 0.3 is 6.03 Å². The normalized spacial score (nSPS) is 10.9. The van der Waals surface area contributed by atoms with E-state index in [0.29, 0.717) is 5.69 Å². The van der Waals surface area contributed by atoms with Crippen molar-refractivity contribution in [1.29, 1.82) is 0 Å². The van der Waals surface area contributed by atoms with Crippen LogP contribution in [-0.4, -0.2) is 12.2 Å². The molecule has 0 aliphatic heterocycles. The first kappa shape index (κ1) is 15.0. The Kier molecular flexibility index (Phi) is 5.72. The number of halogens is 1. The largest absolute Gasteiger partial charge is 0.339 e. The lowest BCUT2D eigenvalue weighted by molar-refractivity contribution is 0.252. The summed E-state index contributed by atoms with van der Waals surface area (Å²) in [6, 6.07) is 16.7. The third kappa shape index (κ3) is 5.62. The molecule has 0 bridgehead atoms. The first-order chi connectivity index (χ1) is 10.2. The number of benzene rings is 2. The highest BCUT2D eigenvalue weighted by molar-refractivity contribution is 9.10. The van der Waals surface area contributed by atoms with Gasteiger partial charge in [0.05, 0.1) is 0 Å². The number of allylic oxidation sites excluding steroid dienone is 1. The fraction of sp³-hybridized carbons (Fsp3) is 0. The molecule has 2 N–H and O–H groups in total. The van der Waals surface area contributed by atoms with E-state index in [1.807, 2.05) is 48.5 Å². The van der Waals surface area contributed by atoms with Crippen LogP contribution in [0.2, 0.25) is 0 Å². The number of hydrogen-bond acceptors (Lipinski definition) is 2. The van der Waals surface area contributed by atoms with E-state index in [1.165, 1.54) is 6.21 Å². The van der Waals surface area contributed by atoms with Crippen LogP contribution in [0.15, 0.2) is 70.2 Å². The van der Waals surface area contributed by atoms with E-state index >= 15 is 0 Å². The van der Waals surface area contributed by atoms with Crippen LogP contribution in [0.5, 0.6) is 0 Å². The summed E-state index contributed by atoms with van der Waals surface area (Å²) in [7, 11) is 0. The third-order valence-electron chi connectivity index (χ3n) is 2.52. The molecule has 2 rings (SSSR count). The van der Waals surface area contributed by atoms with Gasteiger partial charge in [0.2, 0.25) is 0 Å². The Balaban J connectivity index is 1.77. The molecule has 0 saturated heterocycles. The van der Waals surface area contributed by atoms with E-state index in [4.69, 9.17) is 0 Å². The van der Waals surface area contributed by atoms with Gasteiger partial charge in [-0.15, -0.1) is 0 Å². The zero-order valence-corrected chi connectivity index (χ0v) is 12.7. The number of carbonyl (C=O) groups excluding carboxylic acids is 1. The van der Waals surface area contributed by atoms with Gasteiger partial charge in [-0.3, -0.25) is 0 Å². The average molecular weight is 344 g/mol. The second-order valence-electron chi connectivity index (χ2n) is 4.12. The molecule has 0 saturated carbocycles. The summed E-state index contributed by atoms with van der Waals surface area (Å²) in [6.07, 6.45) is 5.18. The molecule has 0 fully saturated rings. The topological polar surface area (TPSA) is 53.5 Å². The summed E-state index contributed by atoms with van der Waals surface area (Å²) >= 11 is 3.33. The Morgan fingerprint density at radius 3 is 2.48 bits per heavy atom. The van der Waals surface area contributed by atoms with Gasteiger partial charge in [-0.25, -0.2) is 10.2 Å². The number of anilines is 1. The van der Waals surface area contributed by atoms with E-state index in [0.717, 1.165) is 10.0 Å². The second kappa shape index (κ2) is 8.01. The monoisotopic (exact) mass is 343 g/mol. The Morgan fingerprint density at radius 1 is 1.05 bits per heavy atom. The summed E-state index contributed by atoms with van der Waals surface area (Å²) in [6.45, 7) is 0. The van der Waals surface area contributed by atoms with Crippen molar-refractivity contribution in [1.82, 2.24) is 5.43 Å². The smallest absolute Gasteiger partial charge is 0.307 e.